The Balaban J connectivity index is 2.89. The molecule has 1 atom stereocenters. The first-order valence-corrected chi connectivity index (χ1v) is 6.52. The van der Waals surface area contributed by atoms with Crippen LogP contribution in [0.2, 0.25) is 0 Å². The molecule has 1 unspecified atom stereocenters. The summed E-state index contributed by atoms with van der Waals surface area (Å²) in [7, 11) is 0. The first kappa shape index (κ1) is 10.8. The van der Waals surface area contributed by atoms with Crippen LogP contribution in [0.5, 0.6) is 0 Å². The van der Waals surface area contributed by atoms with Gasteiger partial charge in [0.25, 0.3) is 0 Å². The van der Waals surface area contributed by atoms with E-state index in [0.29, 0.717) is 55.5 Å². The van der Waals surface area contributed by atoms with Gasteiger partial charge in [0.05, 0.1) is 0 Å². The van der Waals surface area contributed by atoms with Gasteiger partial charge in [-0.1, -0.05) is 0 Å². The Bertz CT molecular complexity index is 155. The molecule has 1 aliphatic heterocycles. The van der Waals surface area contributed by atoms with Crippen molar-refractivity contribution in [1.82, 2.24) is 0 Å². The SMILES string of the molecule is CC1(C)OC(C)(C)[C](C)([Rb])O1. The van der Waals surface area contributed by atoms with Crippen LogP contribution in [0.4, 0.5) is 0 Å². The number of rotatable bonds is 0. The Kier molecular flexibility index (Phi) is 2.81. The van der Waals surface area contributed by atoms with E-state index in [9.17, 15) is 0 Å². The van der Waals surface area contributed by atoms with Crippen molar-refractivity contribution in [3.63, 3.8) is 0 Å². The van der Waals surface area contributed by atoms with Gasteiger partial charge in [0.15, 0.2) is 0 Å². The molecule has 3 heteroatoms. The van der Waals surface area contributed by atoms with Crippen molar-refractivity contribution in [3.05, 3.63) is 0 Å². The summed E-state index contributed by atoms with van der Waals surface area (Å²) in [5.74, 6) is -0.385. The van der Waals surface area contributed by atoms with Crippen LogP contribution in [-0.2, 0) is 9.47 Å². The van der Waals surface area contributed by atoms with E-state index in [4.69, 9.17) is 9.47 Å². The van der Waals surface area contributed by atoms with E-state index in [1.54, 1.807) is 0 Å². The molecule has 1 aliphatic rings. The molecule has 0 bridgehead atoms. The van der Waals surface area contributed by atoms with Crippen LogP contribution in [0.25, 0.3) is 0 Å². The molecule has 0 aromatic heterocycles. The molecule has 11 heavy (non-hydrogen) atoms. The van der Waals surface area contributed by atoms with Crippen molar-refractivity contribution in [2.45, 2.75) is 44.7 Å². The third-order valence-electron chi connectivity index (χ3n) is 2.45. The Labute approximate surface area is 108 Å². The molecule has 1 heterocycles. The first-order chi connectivity index (χ1) is 4.66. The van der Waals surface area contributed by atoms with Gasteiger partial charge >= 0.3 is 110 Å². The summed E-state index contributed by atoms with van der Waals surface area (Å²) in [6.45, 7) is 10.3. The molecule has 0 saturated carbocycles. The number of ether oxygens (including phenoxy) is 2. The summed E-state index contributed by atoms with van der Waals surface area (Å²) >= 11 is 0.450. The zero-order chi connectivity index (χ0) is 8.91. The number of hydrogen-bond donors (Lipinski definition) is 0. The molecule has 0 aromatic carbocycles. The van der Waals surface area contributed by atoms with Crippen molar-refractivity contribution in [1.29, 1.82) is 0 Å². The predicted octanol–water partition coefficient (Wildman–Crippen LogP) is 1.43. The summed E-state index contributed by atoms with van der Waals surface area (Å²) in [6, 6.07) is 0. The molecule has 1 saturated heterocycles. The molecule has 0 aromatic rings. The van der Waals surface area contributed by atoms with E-state index < -0.39 is 0 Å². The van der Waals surface area contributed by atoms with Crippen LogP contribution in [0.1, 0.15) is 34.6 Å². The summed E-state index contributed by atoms with van der Waals surface area (Å²) in [4.78, 5) is 0. The summed E-state index contributed by atoms with van der Waals surface area (Å²) in [5.41, 5.74) is -0.105. The summed E-state index contributed by atoms with van der Waals surface area (Å²) in [5, 5.41) is 0. The van der Waals surface area contributed by atoms with E-state index in [1.807, 2.05) is 13.8 Å². The molecule has 0 aliphatic carbocycles. The molecule has 0 N–H and O–H groups in total. The topological polar surface area (TPSA) is 18.5 Å². The average molecular weight is 229 g/mol. The Hall–Kier alpha value is 1.73. The van der Waals surface area contributed by atoms with Gasteiger partial charge in [0, 0.05) is 0 Å². The molecule has 0 radical (unpaired) electrons. The summed E-state index contributed by atoms with van der Waals surface area (Å²) < 4.78 is 11.6. The van der Waals surface area contributed by atoms with Crippen molar-refractivity contribution in [3.8, 4) is 0 Å². The number of hydrogen-bond acceptors (Lipinski definition) is 2. The predicted molar refractivity (Wildman–Crippen MR) is 44.5 cm³/mol. The molecule has 1 rings (SSSR count). The zero-order valence-electron chi connectivity index (χ0n) is 8.32. The third kappa shape index (κ3) is 2.15. The monoisotopic (exact) mass is 228 g/mol. The van der Waals surface area contributed by atoms with Gasteiger partial charge in [-0.15, -0.1) is 0 Å². The fourth-order valence-electron chi connectivity index (χ4n) is 1.50. The van der Waals surface area contributed by atoms with Gasteiger partial charge in [0.2, 0.25) is 0 Å². The second-order valence-electron chi connectivity index (χ2n) is 4.62. The molecule has 1 fully saturated rings. The molecule has 0 amide bonds. The van der Waals surface area contributed by atoms with Gasteiger partial charge in [-0.25, -0.2) is 0 Å². The molecular formula is C8H15O2Rb. The standard InChI is InChI=1S/C8H15O2.Rb/c1-6-7(2,3)10-8(4,5)9-6;/h1-5H3;. The van der Waals surface area contributed by atoms with Crippen LogP contribution in [-0.4, -0.2) is 65.6 Å². The molecule has 60 valence electrons. The first-order valence-electron chi connectivity index (χ1n) is 4.07. The fourth-order valence-corrected chi connectivity index (χ4v) is 2.95. The minimum absolute atomic E-state index is 0.0121. The second-order valence-corrected chi connectivity index (χ2v) is 9.32. The van der Waals surface area contributed by atoms with E-state index in [-0.39, 0.29) is 10.1 Å². The van der Waals surface area contributed by atoms with Crippen LogP contribution in [0, 0.1) is 0 Å². The van der Waals surface area contributed by atoms with Crippen molar-refractivity contribution >= 4 is 55.5 Å². The quantitative estimate of drug-likeness (QED) is 0.625. The minimum atomic E-state index is -0.385. The second kappa shape index (κ2) is 2.86. The van der Waals surface area contributed by atoms with Crippen LogP contribution in [0.15, 0.2) is 0 Å². The van der Waals surface area contributed by atoms with Crippen molar-refractivity contribution in [2.24, 2.45) is 0 Å². The Morgan fingerprint density at radius 2 is 1.36 bits per heavy atom. The van der Waals surface area contributed by atoms with Crippen molar-refractivity contribution in [2.75, 3.05) is 0 Å². The summed E-state index contributed by atoms with van der Waals surface area (Å²) in [6.07, 6.45) is 0. The van der Waals surface area contributed by atoms with E-state index in [2.05, 4.69) is 20.8 Å². The van der Waals surface area contributed by atoms with E-state index >= 15 is 0 Å². The maximum absolute atomic E-state index is 5.82. The van der Waals surface area contributed by atoms with E-state index in [1.165, 1.54) is 0 Å². The average Bonchev–Trinajstić information content (AvgIpc) is 1.66. The van der Waals surface area contributed by atoms with Gasteiger partial charge in [-0.05, 0) is 0 Å². The maximum atomic E-state index is 5.82. The van der Waals surface area contributed by atoms with Crippen LogP contribution in [0.3, 0.4) is 0 Å². The van der Waals surface area contributed by atoms with Gasteiger partial charge in [0.1, 0.15) is 0 Å². The van der Waals surface area contributed by atoms with Crippen LogP contribution >= 0.6 is 0 Å². The van der Waals surface area contributed by atoms with Gasteiger partial charge in [-0.2, -0.15) is 0 Å². The fraction of sp³-hybridized carbons (Fsp3) is 1.00. The zero-order valence-corrected chi connectivity index (χ0v) is 13.2. The molecular weight excluding hydrogens is 214 g/mol. The Morgan fingerprint density at radius 3 is 1.45 bits per heavy atom. The third-order valence-corrected chi connectivity index (χ3v) is 5.91. The Morgan fingerprint density at radius 1 is 0.909 bits per heavy atom. The normalized spacial score (nSPS) is 41.0. The van der Waals surface area contributed by atoms with Crippen LogP contribution < -0.4 is 0 Å². The van der Waals surface area contributed by atoms with Gasteiger partial charge < -0.3 is 0 Å². The molecule has 2 nitrogen and oxygen atoms in total. The molecule has 0 spiro atoms. The van der Waals surface area contributed by atoms with Gasteiger partial charge in [-0.3, -0.25) is 0 Å². The van der Waals surface area contributed by atoms with E-state index in [0.717, 1.165) is 0 Å². The van der Waals surface area contributed by atoms with Crippen molar-refractivity contribution < 1.29 is 9.47 Å².